The lowest BCUT2D eigenvalue weighted by molar-refractivity contribution is 0.356. The van der Waals surface area contributed by atoms with Crippen LogP contribution in [-0.4, -0.2) is 23.1 Å². The summed E-state index contributed by atoms with van der Waals surface area (Å²) in [6.07, 6.45) is 2.18. The van der Waals surface area contributed by atoms with Gasteiger partial charge in [0.05, 0.1) is 18.6 Å². The van der Waals surface area contributed by atoms with Gasteiger partial charge in [-0.3, -0.25) is 0 Å². The molecule has 1 aromatic heterocycles. The quantitative estimate of drug-likeness (QED) is 0.703. The summed E-state index contributed by atoms with van der Waals surface area (Å²) in [6, 6.07) is 3.63. The van der Waals surface area contributed by atoms with Gasteiger partial charge in [-0.15, -0.1) is 0 Å². The predicted molar refractivity (Wildman–Crippen MR) is 44.4 cm³/mol. The molecule has 0 spiro atoms. The van der Waals surface area contributed by atoms with Crippen LogP contribution in [0.15, 0.2) is 33.0 Å². The highest BCUT2D eigenvalue weighted by atomic mass is 16.3. The second-order valence-corrected chi connectivity index (χ2v) is 2.53. The number of rotatable bonds is 2. The van der Waals surface area contributed by atoms with Gasteiger partial charge in [0.25, 0.3) is 0 Å². The van der Waals surface area contributed by atoms with Gasteiger partial charge in [0.2, 0.25) is 0 Å². The van der Waals surface area contributed by atoms with Crippen molar-refractivity contribution in [3.05, 3.63) is 24.2 Å². The van der Waals surface area contributed by atoms with Gasteiger partial charge in [0, 0.05) is 6.42 Å². The zero-order chi connectivity index (χ0) is 8.39. The standard InChI is InChI=1S/C8H8N2O2/c11-5-6-4-7(10-9-6)8-2-1-3-12-8/h1-3,11H,4-5H2. The van der Waals surface area contributed by atoms with Crippen molar-refractivity contribution in [3.63, 3.8) is 0 Å². The van der Waals surface area contributed by atoms with E-state index in [-0.39, 0.29) is 6.61 Å². The zero-order valence-electron chi connectivity index (χ0n) is 6.40. The number of hydrogen-bond donors (Lipinski definition) is 1. The second kappa shape index (κ2) is 2.91. The van der Waals surface area contributed by atoms with Crippen LogP contribution in [0, 0.1) is 0 Å². The molecule has 0 bridgehead atoms. The predicted octanol–water partition coefficient (Wildman–Crippen LogP) is 0.821. The van der Waals surface area contributed by atoms with Gasteiger partial charge in [-0.1, -0.05) is 0 Å². The van der Waals surface area contributed by atoms with Gasteiger partial charge in [0.1, 0.15) is 11.5 Å². The SMILES string of the molecule is OCC1=NN=C(c2ccco2)C1. The number of nitrogens with zero attached hydrogens (tertiary/aromatic N) is 2. The molecule has 0 unspecified atom stereocenters. The summed E-state index contributed by atoms with van der Waals surface area (Å²) in [5.41, 5.74) is 1.46. The minimum Gasteiger partial charge on any atom is -0.463 e. The van der Waals surface area contributed by atoms with Crippen molar-refractivity contribution in [1.82, 2.24) is 0 Å². The lowest BCUT2D eigenvalue weighted by Gasteiger charge is -1.92. The highest BCUT2D eigenvalue weighted by Crippen LogP contribution is 2.11. The lowest BCUT2D eigenvalue weighted by atomic mass is 10.1. The van der Waals surface area contributed by atoms with Gasteiger partial charge < -0.3 is 9.52 Å². The summed E-state index contributed by atoms with van der Waals surface area (Å²) >= 11 is 0. The number of hydrogen-bond acceptors (Lipinski definition) is 4. The normalized spacial score (nSPS) is 16.1. The molecular weight excluding hydrogens is 156 g/mol. The average Bonchev–Trinajstić information content (AvgIpc) is 2.75. The molecule has 0 saturated carbocycles. The van der Waals surface area contributed by atoms with Crippen molar-refractivity contribution < 1.29 is 9.52 Å². The van der Waals surface area contributed by atoms with Gasteiger partial charge in [-0.25, -0.2) is 0 Å². The maximum absolute atomic E-state index is 8.75. The summed E-state index contributed by atoms with van der Waals surface area (Å²) in [5.74, 6) is 0.724. The number of furan rings is 1. The Morgan fingerprint density at radius 1 is 1.50 bits per heavy atom. The van der Waals surface area contributed by atoms with E-state index in [0.717, 1.165) is 11.5 Å². The maximum atomic E-state index is 8.75. The fourth-order valence-electron chi connectivity index (χ4n) is 1.06. The lowest BCUT2D eigenvalue weighted by Crippen LogP contribution is -2.06. The first-order chi connectivity index (χ1) is 5.90. The van der Waals surface area contributed by atoms with E-state index in [1.54, 1.807) is 12.3 Å². The minimum atomic E-state index is -0.0340. The minimum absolute atomic E-state index is 0.0340. The van der Waals surface area contributed by atoms with Crippen molar-refractivity contribution >= 4 is 11.4 Å². The van der Waals surface area contributed by atoms with Crippen molar-refractivity contribution in [2.24, 2.45) is 10.2 Å². The summed E-state index contributed by atoms with van der Waals surface area (Å²) in [4.78, 5) is 0. The van der Waals surface area contributed by atoms with E-state index >= 15 is 0 Å². The third kappa shape index (κ3) is 1.16. The molecule has 0 fully saturated rings. The highest BCUT2D eigenvalue weighted by molar-refractivity contribution is 6.14. The fraction of sp³-hybridized carbons (Fsp3) is 0.250. The molecule has 0 radical (unpaired) electrons. The largest absolute Gasteiger partial charge is 0.463 e. The van der Waals surface area contributed by atoms with Crippen molar-refractivity contribution in [2.45, 2.75) is 6.42 Å². The first kappa shape index (κ1) is 7.24. The first-order valence-electron chi connectivity index (χ1n) is 3.67. The molecule has 4 nitrogen and oxygen atoms in total. The van der Waals surface area contributed by atoms with E-state index in [4.69, 9.17) is 9.52 Å². The Labute approximate surface area is 69.2 Å². The van der Waals surface area contributed by atoms with Gasteiger partial charge in [0.15, 0.2) is 0 Å². The molecule has 62 valence electrons. The Bertz CT molecular complexity index is 325. The Morgan fingerprint density at radius 3 is 3.00 bits per heavy atom. The van der Waals surface area contributed by atoms with Crippen molar-refractivity contribution in [3.8, 4) is 0 Å². The van der Waals surface area contributed by atoms with Gasteiger partial charge in [-0.05, 0) is 12.1 Å². The highest BCUT2D eigenvalue weighted by Gasteiger charge is 2.14. The van der Waals surface area contributed by atoms with Crippen LogP contribution in [0.4, 0.5) is 0 Å². The zero-order valence-corrected chi connectivity index (χ0v) is 6.40. The van der Waals surface area contributed by atoms with Crippen LogP contribution in [-0.2, 0) is 0 Å². The van der Waals surface area contributed by atoms with Crippen LogP contribution >= 0.6 is 0 Å². The van der Waals surface area contributed by atoms with Gasteiger partial charge in [-0.2, -0.15) is 10.2 Å². The molecule has 0 aromatic carbocycles. The van der Waals surface area contributed by atoms with Gasteiger partial charge >= 0.3 is 0 Å². The summed E-state index contributed by atoms with van der Waals surface area (Å²) in [6.45, 7) is -0.0340. The molecule has 2 heterocycles. The molecule has 12 heavy (non-hydrogen) atoms. The van der Waals surface area contributed by atoms with Crippen LogP contribution in [0.3, 0.4) is 0 Å². The fourth-order valence-corrected chi connectivity index (χ4v) is 1.06. The van der Waals surface area contributed by atoms with E-state index in [1.165, 1.54) is 0 Å². The maximum Gasteiger partial charge on any atom is 0.150 e. The smallest absolute Gasteiger partial charge is 0.150 e. The Balaban J connectivity index is 2.13. The summed E-state index contributed by atoms with van der Waals surface area (Å²) < 4.78 is 5.12. The van der Waals surface area contributed by atoms with E-state index in [1.807, 2.05) is 6.07 Å². The molecule has 0 saturated heterocycles. The molecule has 2 rings (SSSR count). The van der Waals surface area contributed by atoms with Crippen molar-refractivity contribution in [1.29, 1.82) is 0 Å². The topological polar surface area (TPSA) is 58.1 Å². The molecule has 0 amide bonds. The van der Waals surface area contributed by atoms with Crippen molar-refractivity contribution in [2.75, 3.05) is 6.61 Å². The third-order valence-electron chi connectivity index (χ3n) is 1.67. The number of aliphatic hydroxyl groups is 1. The van der Waals surface area contributed by atoms with E-state index in [0.29, 0.717) is 12.1 Å². The molecule has 0 atom stereocenters. The third-order valence-corrected chi connectivity index (χ3v) is 1.67. The molecule has 1 N–H and O–H groups in total. The van der Waals surface area contributed by atoms with E-state index in [9.17, 15) is 0 Å². The monoisotopic (exact) mass is 164 g/mol. The Kier molecular flexibility index (Phi) is 1.75. The molecule has 0 aliphatic carbocycles. The molecule has 1 aliphatic rings. The van der Waals surface area contributed by atoms with E-state index in [2.05, 4.69) is 10.2 Å². The van der Waals surface area contributed by atoms with Crippen LogP contribution in [0.5, 0.6) is 0 Å². The first-order valence-corrected chi connectivity index (χ1v) is 3.67. The Hall–Kier alpha value is -1.42. The average molecular weight is 164 g/mol. The van der Waals surface area contributed by atoms with E-state index < -0.39 is 0 Å². The molecule has 1 aromatic rings. The summed E-state index contributed by atoms with van der Waals surface area (Å²) in [5, 5.41) is 16.4. The second-order valence-electron chi connectivity index (χ2n) is 2.53. The van der Waals surface area contributed by atoms with Crippen LogP contribution in [0.1, 0.15) is 12.2 Å². The molecular formula is C8H8N2O2. The number of aliphatic hydroxyl groups excluding tert-OH is 1. The molecule has 1 aliphatic heterocycles. The van der Waals surface area contributed by atoms with Crippen LogP contribution in [0.2, 0.25) is 0 Å². The summed E-state index contributed by atoms with van der Waals surface area (Å²) in [7, 11) is 0. The van der Waals surface area contributed by atoms with Crippen LogP contribution in [0.25, 0.3) is 0 Å². The van der Waals surface area contributed by atoms with Crippen LogP contribution < -0.4 is 0 Å². The molecule has 4 heteroatoms. The Morgan fingerprint density at radius 2 is 2.42 bits per heavy atom.